The Balaban J connectivity index is 2.62. The van der Waals surface area contributed by atoms with Crippen molar-refractivity contribution in [2.45, 2.75) is 33.4 Å². The lowest BCUT2D eigenvalue weighted by Crippen LogP contribution is -2.32. The van der Waals surface area contributed by atoms with Gasteiger partial charge in [0.05, 0.1) is 20.2 Å². The summed E-state index contributed by atoms with van der Waals surface area (Å²) in [7, 11) is 1.42. The minimum atomic E-state index is -0.201. The highest BCUT2D eigenvalue weighted by Gasteiger charge is 2.13. The van der Waals surface area contributed by atoms with Gasteiger partial charge in [-0.15, -0.1) is 0 Å². The van der Waals surface area contributed by atoms with E-state index in [4.69, 9.17) is 4.74 Å². The number of esters is 1. The minimum Gasteiger partial charge on any atom is -0.468 e. The molecule has 1 rings (SSSR count). The molecular formula is C12H21N3O2. The molecule has 1 aromatic rings. The van der Waals surface area contributed by atoms with Crippen LogP contribution in [0.15, 0.2) is 12.4 Å². The highest BCUT2D eigenvalue weighted by molar-refractivity contribution is 5.71. The molecule has 17 heavy (non-hydrogen) atoms. The van der Waals surface area contributed by atoms with Crippen LogP contribution in [0.4, 0.5) is 0 Å². The molecule has 0 aliphatic heterocycles. The van der Waals surface area contributed by atoms with Crippen LogP contribution in [0.3, 0.4) is 0 Å². The Hall–Kier alpha value is -1.36. The highest BCUT2D eigenvalue weighted by atomic mass is 16.5. The molecule has 0 atom stereocenters. The van der Waals surface area contributed by atoms with Crippen molar-refractivity contribution in [1.29, 1.82) is 0 Å². The lowest BCUT2D eigenvalue weighted by Gasteiger charge is -2.20. The van der Waals surface area contributed by atoms with Gasteiger partial charge < -0.3 is 9.30 Å². The Morgan fingerprint density at radius 2 is 2.29 bits per heavy atom. The van der Waals surface area contributed by atoms with Gasteiger partial charge in [-0.05, 0) is 19.9 Å². The molecule has 0 bridgehead atoms. The van der Waals surface area contributed by atoms with E-state index in [0.29, 0.717) is 13.1 Å². The number of methoxy groups -OCH3 is 1. The van der Waals surface area contributed by atoms with Gasteiger partial charge in [0.2, 0.25) is 0 Å². The van der Waals surface area contributed by atoms with Crippen LogP contribution in [-0.4, -0.2) is 40.6 Å². The summed E-state index contributed by atoms with van der Waals surface area (Å²) in [6.07, 6.45) is 4.75. The average molecular weight is 239 g/mol. The fourth-order valence-corrected chi connectivity index (χ4v) is 1.76. The largest absolute Gasteiger partial charge is 0.468 e. The molecule has 0 aromatic carbocycles. The Labute approximate surface area is 102 Å². The number of carbonyl (C=O) groups excluding carboxylic acids is 1. The zero-order valence-electron chi connectivity index (χ0n) is 10.8. The third-order valence-electron chi connectivity index (χ3n) is 2.63. The van der Waals surface area contributed by atoms with Crippen molar-refractivity contribution < 1.29 is 9.53 Å². The van der Waals surface area contributed by atoms with Crippen LogP contribution >= 0.6 is 0 Å². The van der Waals surface area contributed by atoms with E-state index < -0.39 is 0 Å². The molecule has 0 unspecified atom stereocenters. The lowest BCUT2D eigenvalue weighted by atomic mass is 10.3. The van der Waals surface area contributed by atoms with Gasteiger partial charge in [-0.25, -0.2) is 4.98 Å². The minimum absolute atomic E-state index is 0.201. The first kappa shape index (κ1) is 13.7. The van der Waals surface area contributed by atoms with Crippen molar-refractivity contribution in [3.8, 4) is 0 Å². The molecule has 5 heteroatoms. The second-order valence-corrected chi connectivity index (χ2v) is 3.92. The van der Waals surface area contributed by atoms with E-state index in [2.05, 4.69) is 28.3 Å². The predicted octanol–water partition coefficient (Wildman–Crippen LogP) is 1.29. The van der Waals surface area contributed by atoms with Gasteiger partial charge in [0.1, 0.15) is 5.82 Å². The quantitative estimate of drug-likeness (QED) is 0.673. The first-order valence-electron chi connectivity index (χ1n) is 6.00. The van der Waals surface area contributed by atoms with E-state index in [9.17, 15) is 4.79 Å². The van der Waals surface area contributed by atoms with E-state index in [0.717, 1.165) is 25.3 Å². The molecule has 0 fully saturated rings. The normalized spacial score (nSPS) is 10.8. The Kier molecular flexibility index (Phi) is 5.69. The molecule has 0 saturated heterocycles. The first-order valence-corrected chi connectivity index (χ1v) is 6.00. The monoisotopic (exact) mass is 239 g/mol. The molecular weight excluding hydrogens is 218 g/mol. The summed E-state index contributed by atoms with van der Waals surface area (Å²) in [5, 5.41) is 0. The third kappa shape index (κ3) is 4.19. The number of carbonyl (C=O) groups is 1. The fraction of sp³-hybridized carbons (Fsp3) is 0.667. The van der Waals surface area contributed by atoms with E-state index in [1.165, 1.54) is 7.11 Å². The smallest absolute Gasteiger partial charge is 0.319 e. The van der Waals surface area contributed by atoms with Gasteiger partial charge in [-0.1, -0.05) is 6.92 Å². The first-order chi connectivity index (χ1) is 8.21. The number of hydrogen-bond donors (Lipinski definition) is 0. The maximum Gasteiger partial charge on any atom is 0.319 e. The van der Waals surface area contributed by atoms with Crippen molar-refractivity contribution in [2.75, 3.05) is 20.2 Å². The number of aryl methyl sites for hydroxylation is 1. The zero-order valence-corrected chi connectivity index (χ0v) is 10.8. The standard InChI is InChI=1S/C12H21N3O2/c1-4-7-14(10-12(16)17-3)9-11-13-6-8-15(11)5-2/h6,8H,4-5,7,9-10H2,1-3H3. The predicted molar refractivity (Wildman–Crippen MR) is 65.5 cm³/mol. The van der Waals surface area contributed by atoms with Gasteiger partial charge in [0.25, 0.3) is 0 Å². The summed E-state index contributed by atoms with van der Waals surface area (Å²) in [5.41, 5.74) is 0. The molecule has 0 radical (unpaired) electrons. The number of nitrogens with zero attached hydrogens (tertiary/aromatic N) is 3. The van der Waals surface area contributed by atoms with Crippen LogP contribution in [-0.2, 0) is 22.6 Å². The zero-order chi connectivity index (χ0) is 12.7. The number of aromatic nitrogens is 2. The Morgan fingerprint density at radius 1 is 1.53 bits per heavy atom. The number of ether oxygens (including phenoxy) is 1. The second-order valence-electron chi connectivity index (χ2n) is 3.92. The number of rotatable bonds is 7. The molecule has 96 valence electrons. The summed E-state index contributed by atoms with van der Waals surface area (Å²) >= 11 is 0. The average Bonchev–Trinajstić information content (AvgIpc) is 2.76. The molecule has 1 heterocycles. The van der Waals surface area contributed by atoms with E-state index in [1.54, 1.807) is 6.20 Å². The van der Waals surface area contributed by atoms with Crippen LogP contribution < -0.4 is 0 Å². The van der Waals surface area contributed by atoms with Crippen molar-refractivity contribution >= 4 is 5.97 Å². The Morgan fingerprint density at radius 3 is 2.88 bits per heavy atom. The second kappa shape index (κ2) is 7.06. The lowest BCUT2D eigenvalue weighted by molar-refractivity contribution is -0.142. The molecule has 5 nitrogen and oxygen atoms in total. The van der Waals surface area contributed by atoms with E-state index in [1.807, 2.05) is 6.20 Å². The van der Waals surface area contributed by atoms with Crippen LogP contribution in [0.5, 0.6) is 0 Å². The maximum atomic E-state index is 11.3. The summed E-state index contributed by atoms with van der Waals surface area (Å²) in [6.45, 7) is 6.94. The molecule has 0 aliphatic rings. The summed E-state index contributed by atoms with van der Waals surface area (Å²) < 4.78 is 6.78. The summed E-state index contributed by atoms with van der Waals surface area (Å²) in [5.74, 6) is 0.790. The highest BCUT2D eigenvalue weighted by Crippen LogP contribution is 2.04. The van der Waals surface area contributed by atoms with E-state index >= 15 is 0 Å². The van der Waals surface area contributed by atoms with Crippen LogP contribution in [0.25, 0.3) is 0 Å². The topological polar surface area (TPSA) is 47.4 Å². The van der Waals surface area contributed by atoms with Crippen molar-refractivity contribution in [3.05, 3.63) is 18.2 Å². The molecule has 0 aliphatic carbocycles. The van der Waals surface area contributed by atoms with Gasteiger partial charge in [-0.2, -0.15) is 0 Å². The van der Waals surface area contributed by atoms with Gasteiger partial charge >= 0.3 is 5.97 Å². The van der Waals surface area contributed by atoms with Crippen molar-refractivity contribution in [2.24, 2.45) is 0 Å². The third-order valence-corrected chi connectivity index (χ3v) is 2.63. The maximum absolute atomic E-state index is 11.3. The van der Waals surface area contributed by atoms with Gasteiger partial charge in [-0.3, -0.25) is 9.69 Å². The molecule has 0 saturated carbocycles. The SMILES string of the molecule is CCCN(CC(=O)OC)Cc1nccn1CC. The van der Waals surface area contributed by atoms with E-state index in [-0.39, 0.29) is 5.97 Å². The van der Waals surface area contributed by atoms with Crippen LogP contribution in [0.2, 0.25) is 0 Å². The molecule has 0 spiro atoms. The summed E-state index contributed by atoms with van der Waals surface area (Å²) in [4.78, 5) is 17.7. The Bertz CT molecular complexity index is 349. The number of hydrogen-bond acceptors (Lipinski definition) is 4. The molecule has 0 amide bonds. The van der Waals surface area contributed by atoms with Gasteiger partial charge in [0, 0.05) is 18.9 Å². The van der Waals surface area contributed by atoms with Crippen LogP contribution in [0.1, 0.15) is 26.1 Å². The van der Waals surface area contributed by atoms with Crippen molar-refractivity contribution in [1.82, 2.24) is 14.5 Å². The fourth-order valence-electron chi connectivity index (χ4n) is 1.76. The van der Waals surface area contributed by atoms with Gasteiger partial charge in [0.15, 0.2) is 0 Å². The summed E-state index contributed by atoms with van der Waals surface area (Å²) in [6, 6.07) is 0. The van der Waals surface area contributed by atoms with Crippen molar-refractivity contribution in [3.63, 3.8) is 0 Å². The molecule has 0 N–H and O–H groups in total. The number of imidazole rings is 1. The van der Waals surface area contributed by atoms with Crippen LogP contribution in [0, 0.1) is 0 Å². The molecule has 1 aromatic heterocycles.